The topological polar surface area (TPSA) is 58.9 Å². The van der Waals surface area contributed by atoms with E-state index in [1.54, 1.807) is 0 Å². The minimum atomic E-state index is -0.516. The summed E-state index contributed by atoms with van der Waals surface area (Å²) >= 11 is 0. The Balaban J connectivity index is 5.09. The van der Waals surface area contributed by atoms with E-state index in [9.17, 15) is 10.2 Å². The van der Waals surface area contributed by atoms with E-state index in [-0.39, 0.29) is 0 Å². The molecular formula is C21H46NO4+. The Kier molecular flexibility index (Phi) is 14.7. The maximum absolute atomic E-state index is 10.6. The highest BCUT2D eigenvalue weighted by Gasteiger charge is 2.41. The van der Waals surface area contributed by atoms with Gasteiger partial charge < -0.3 is 24.2 Å². The minimum Gasteiger partial charge on any atom is -0.385 e. The van der Waals surface area contributed by atoms with Crippen molar-refractivity contribution in [1.82, 2.24) is 0 Å². The van der Waals surface area contributed by atoms with Gasteiger partial charge in [0.05, 0.1) is 25.3 Å². The monoisotopic (exact) mass is 376 g/mol. The van der Waals surface area contributed by atoms with E-state index < -0.39 is 12.2 Å². The van der Waals surface area contributed by atoms with Gasteiger partial charge in [0.1, 0.15) is 25.3 Å². The highest BCUT2D eigenvalue weighted by molar-refractivity contribution is 4.68. The van der Waals surface area contributed by atoms with Crippen LogP contribution in [0.2, 0.25) is 0 Å². The maximum atomic E-state index is 10.6. The Hall–Kier alpha value is -0.200. The molecule has 0 fully saturated rings. The maximum Gasteiger partial charge on any atom is 0.126 e. The molecule has 0 heterocycles. The Labute approximate surface area is 162 Å². The third-order valence-electron chi connectivity index (χ3n) is 5.65. The first kappa shape index (κ1) is 25.8. The molecule has 0 radical (unpaired) electrons. The van der Waals surface area contributed by atoms with Gasteiger partial charge in [0, 0.05) is 13.2 Å². The lowest BCUT2D eigenvalue weighted by Gasteiger charge is -2.49. The summed E-state index contributed by atoms with van der Waals surface area (Å²) in [4.78, 5) is 0. The van der Waals surface area contributed by atoms with Gasteiger partial charge in [-0.2, -0.15) is 0 Å². The molecule has 26 heavy (non-hydrogen) atoms. The number of aliphatic hydroxyl groups excluding tert-OH is 2. The van der Waals surface area contributed by atoms with Crippen LogP contribution in [-0.4, -0.2) is 78.5 Å². The molecule has 0 aliphatic rings. The average Bonchev–Trinajstić information content (AvgIpc) is 2.63. The van der Waals surface area contributed by atoms with Crippen molar-refractivity contribution in [1.29, 1.82) is 0 Å². The van der Waals surface area contributed by atoms with Crippen LogP contribution in [0.3, 0.4) is 0 Å². The van der Waals surface area contributed by atoms with Crippen LogP contribution < -0.4 is 0 Å². The highest BCUT2D eigenvalue weighted by Crippen LogP contribution is 2.26. The predicted molar refractivity (Wildman–Crippen MR) is 108 cm³/mol. The zero-order chi connectivity index (χ0) is 20.0. The molecule has 158 valence electrons. The molecule has 0 bridgehead atoms. The summed E-state index contributed by atoms with van der Waals surface area (Å²) < 4.78 is 11.9. The summed E-state index contributed by atoms with van der Waals surface area (Å²) in [7, 11) is 0. The van der Waals surface area contributed by atoms with Gasteiger partial charge in [0.25, 0.3) is 0 Å². The molecule has 0 aromatic carbocycles. The molecule has 0 amide bonds. The molecule has 4 unspecified atom stereocenters. The number of quaternary nitrogens is 1. The molecule has 0 rings (SSSR count). The summed E-state index contributed by atoms with van der Waals surface area (Å²) in [6.45, 7) is 16.4. The summed E-state index contributed by atoms with van der Waals surface area (Å²) in [6, 6.07) is 0.715. The summed E-state index contributed by atoms with van der Waals surface area (Å²) in [6.07, 6.45) is 4.07. The van der Waals surface area contributed by atoms with Crippen LogP contribution >= 0.6 is 0 Å². The van der Waals surface area contributed by atoms with Crippen molar-refractivity contribution in [3.63, 3.8) is 0 Å². The zero-order valence-corrected chi connectivity index (χ0v) is 18.2. The molecule has 0 saturated heterocycles. The molecule has 0 aromatic rings. The van der Waals surface area contributed by atoms with Crippen molar-refractivity contribution >= 4 is 0 Å². The van der Waals surface area contributed by atoms with E-state index in [0.717, 1.165) is 32.1 Å². The van der Waals surface area contributed by atoms with Crippen molar-refractivity contribution in [3.8, 4) is 0 Å². The molecule has 0 aromatic heterocycles. The number of hydrogen-bond acceptors (Lipinski definition) is 4. The normalized spacial score (nSPS) is 18.9. The van der Waals surface area contributed by atoms with Gasteiger partial charge in [-0.1, -0.05) is 34.1 Å². The van der Waals surface area contributed by atoms with E-state index >= 15 is 0 Å². The summed E-state index contributed by atoms with van der Waals surface area (Å²) in [5, 5.41) is 21.3. The van der Waals surface area contributed by atoms with E-state index in [2.05, 4.69) is 41.5 Å². The number of rotatable bonds is 17. The van der Waals surface area contributed by atoms with Gasteiger partial charge in [-0.05, 0) is 39.5 Å². The molecule has 0 saturated carbocycles. The second kappa shape index (κ2) is 14.8. The van der Waals surface area contributed by atoms with Crippen molar-refractivity contribution in [2.75, 3.05) is 39.5 Å². The van der Waals surface area contributed by atoms with Crippen molar-refractivity contribution in [2.24, 2.45) is 0 Å². The SMILES string of the molecule is CCCCOCC(O)C[N+](CC(O)COCCC)(C(C)CC)C(C)CC. The summed E-state index contributed by atoms with van der Waals surface area (Å²) in [5.41, 5.74) is 0. The molecule has 0 spiro atoms. The van der Waals surface area contributed by atoms with E-state index in [1.165, 1.54) is 0 Å². The lowest BCUT2D eigenvalue weighted by atomic mass is 10.0. The lowest BCUT2D eigenvalue weighted by Crippen LogP contribution is -2.65. The van der Waals surface area contributed by atoms with Gasteiger partial charge in [-0.25, -0.2) is 0 Å². The van der Waals surface area contributed by atoms with Crippen LogP contribution in [0.5, 0.6) is 0 Å². The largest absolute Gasteiger partial charge is 0.385 e. The standard InChI is InChI=1S/C21H46NO4/c1-7-11-13-26-17-21(24)15-22(18(5)9-3,19(6)10-4)14-20(23)16-25-12-8-2/h18-21,23-24H,7-17H2,1-6H3/q+1. The van der Waals surface area contributed by atoms with Crippen LogP contribution in [0.4, 0.5) is 0 Å². The van der Waals surface area contributed by atoms with Gasteiger partial charge in [0.2, 0.25) is 0 Å². The lowest BCUT2D eigenvalue weighted by molar-refractivity contribution is -0.975. The zero-order valence-electron chi connectivity index (χ0n) is 18.2. The van der Waals surface area contributed by atoms with Crippen LogP contribution in [0, 0.1) is 0 Å². The van der Waals surface area contributed by atoms with Crippen LogP contribution in [0.1, 0.15) is 73.6 Å². The number of aliphatic hydroxyl groups is 2. The second-order valence-electron chi connectivity index (χ2n) is 7.79. The Bertz CT molecular complexity index is 317. The van der Waals surface area contributed by atoms with E-state index in [4.69, 9.17) is 9.47 Å². The molecule has 0 aliphatic carbocycles. The molecule has 5 heteroatoms. The Morgan fingerprint density at radius 2 is 1.19 bits per heavy atom. The summed E-state index contributed by atoms with van der Waals surface area (Å²) in [5.74, 6) is 0. The number of unbranched alkanes of at least 4 members (excludes halogenated alkanes) is 1. The van der Waals surface area contributed by atoms with Gasteiger partial charge in [-0.15, -0.1) is 0 Å². The first-order chi connectivity index (χ1) is 12.4. The fraction of sp³-hybridized carbons (Fsp3) is 1.00. The Morgan fingerprint density at radius 1 is 0.731 bits per heavy atom. The first-order valence-electron chi connectivity index (χ1n) is 10.8. The second-order valence-corrected chi connectivity index (χ2v) is 7.79. The number of hydrogen-bond donors (Lipinski definition) is 2. The van der Waals surface area contributed by atoms with Gasteiger partial charge in [0.15, 0.2) is 0 Å². The van der Waals surface area contributed by atoms with Crippen molar-refractivity contribution < 1.29 is 24.2 Å². The highest BCUT2D eigenvalue weighted by atomic mass is 16.5. The van der Waals surface area contributed by atoms with Gasteiger partial charge >= 0.3 is 0 Å². The average molecular weight is 377 g/mol. The fourth-order valence-corrected chi connectivity index (χ4v) is 3.68. The third kappa shape index (κ3) is 9.14. The van der Waals surface area contributed by atoms with Crippen LogP contribution in [0.25, 0.3) is 0 Å². The smallest absolute Gasteiger partial charge is 0.126 e. The van der Waals surface area contributed by atoms with Crippen LogP contribution in [0.15, 0.2) is 0 Å². The molecule has 4 atom stereocenters. The van der Waals surface area contributed by atoms with Gasteiger partial charge in [-0.3, -0.25) is 0 Å². The predicted octanol–water partition coefficient (Wildman–Crippen LogP) is 3.37. The van der Waals surface area contributed by atoms with Crippen molar-refractivity contribution in [2.45, 2.75) is 97.9 Å². The fourth-order valence-electron chi connectivity index (χ4n) is 3.68. The minimum absolute atomic E-state index is 0.357. The van der Waals surface area contributed by atoms with Crippen molar-refractivity contribution in [3.05, 3.63) is 0 Å². The number of ether oxygens (including phenoxy) is 2. The number of nitrogens with zero attached hydrogens (tertiary/aromatic N) is 1. The Morgan fingerprint density at radius 3 is 1.58 bits per heavy atom. The van der Waals surface area contributed by atoms with E-state index in [0.29, 0.717) is 56.1 Å². The van der Waals surface area contributed by atoms with Crippen LogP contribution in [-0.2, 0) is 9.47 Å². The molecule has 5 nitrogen and oxygen atoms in total. The molecular weight excluding hydrogens is 330 g/mol. The molecule has 2 N–H and O–H groups in total. The first-order valence-corrected chi connectivity index (χ1v) is 10.8. The third-order valence-corrected chi connectivity index (χ3v) is 5.65. The molecule has 0 aliphatic heterocycles. The quantitative estimate of drug-likeness (QED) is 0.302. The van der Waals surface area contributed by atoms with E-state index in [1.807, 2.05) is 0 Å².